The van der Waals surface area contributed by atoms with Crippen LogP contribution in [0.2, 0.25) is 0 Å². The molecule has 0 bridgehead atoms. The topological polar surface area (TPSA) is 59.3 Å². The largest absolute Gasteiger partial charge is 0.494 e. The number of unbranched alkanes of at least 4 members (excludes halogenated alkanes) is 1. The molecule has 0 N–H and O–H groups in total. The normalized spacial score (nSPS) is 11.1. The summed E-state index contributed by atoms with van der Waals surface area (Å²) in [6, 6.07) is 16.5. The molecule has 4 nitrogen and oxygen atoms in total. The Morgan fingerprint density at radius 2 is 1.70 bits per heavy atom. The summed E-state index contributed by atoms with van der Waals surface area (Å²) in [5.74, 6) is 0.924. The molecular weight excluding hydrogens is 338 g/mol. The maximum absolute atomic E-state index is 12.3. The van der Waals surface area contributed by atoms with Gasteiger partial charge in [-0.3, -0.25) is 0 Å². The van der Waals surface area contributed by atoms with Gasteiger partial charge < -0.3 is 9.47 Å². The highest BCUT2D eigenvalue weighted by atomic mass is 16.5. The summed E-state index contributed by atoms with van der Waals surface area (Å²) in [7, 11) is 0. The minimum Gasteiger partial charge on any atom is -0.494 e. The van der Waals surface area contributed by atoms with Gasteiger partial charge in [-0.15, -0.1) is 0 Å². The molecule has 2 aromatic rings. The maximum Gasteiger partial charge on any atom is 0.354 e. The molecule has 0 aliphatic heterocycles. The molecule has 0 aromatic heterocycles. The zero-order chi connectivity index (χ0) is 19.6. The van der Waals surface area contributed by atoms with Gasteiger partial charge in [-0.1, -0.05) is 51.5 Å². The van der Waals surface area contributed by atoms with Crippen molar-refractivity contribution < 1.29 is 14.3 Å². The monoisotopic (exact) mass is 363 g/mol. The Bertz CT molecular complexity index is 812. The van der Waals surface area contributed by atoms with Crippen LogP contribution in [0.5, 0.6) is 11.5 Å². The van der Waals surface area contributed by atoms with Gasteiger partial charge in [-0.2, -0.15) is 5.26 Å². The van der Waals surface area contributed by atoms with Gasteiger partial charge in [0.15, 0.2) is 0 Å². The fourth-order valence-electron chi connectivity index (χ4n) is 2.38. The molecule has 140 valence electrons. The molecule has 0 spiro atoms. The van der Waals surface area contributed by atoms with Crippen LogP contribution in [0, 0.1) is 11.3 Å². The molecule has 4 heteroatoms. The number of hydrogen-bond acceptors (Lipinski definition) is 4. The Morgan fingerprint density at radius 3 is 2.26 bits per heavy atom. The summed E-state index contributed by atoms with van der Waals surface area (Å²) in [5.41, 5.74) is 1.84. The number of carbonyl (C=O) groups excluding carboxylic acids is 1. The van der Waals surface area contributed by atoms with Crippen molar-refractivity contribution in [1.29, 1.82) is 5.26 Å². The first-order valence-electron chi connectivity index (χ1n) is 9.20. The molecule has 0 atom stereocenters. The van der Waals surface area contributed by atoms with Gasteiger partial charge in [-0.05, 0) is 53.8 Å². The molecule has 0 aliphatic carbocycles. The molecule has 2 rings (SSSR count). The first-order chi connectivity index (χ1) is 13.0. The Kier molecular flexibility index (Phi) is 7.63. The van der Waals surface area contributed by atoms with Crippen LogP contribution in [0.25, 0.3) is 6.08 Å². The fraction of sp³-hybridized carbons (Fsp3) is 0.304. The number of benzene rings is 2. The van der Waals surface area contributed by atoms with E-state index >= 15 is 0 Å². The smallest absolute Gasteiger partial charge is 0.354 e. The molecule has 27 heavy (non-hydrogen) atoms. The number of nitrogens with zero attached hydrogens (tertiary/aromatic N) is 1. The summed E-state index contributed by atoms with van der Waals surface area (Å²) in [5, 5.41) is 9.31. The summed E-state index contributed by atoms with van der Waals surface area (Å²) >= 11 is 0. The van der Waals surface area contributed by atoms with E-state index in [1.165, 1.54) is 6.08 Å². The molecular formula is C23H25NO3. The SMILES string of the molecule is CCCCOc1ccc(/C=C(\C#N)C(=O)Oc2ccc(C(C)C)cc2)cc1. The van der Waals surface area contributed by atoms with E-state index in [-0.39, 0.29) is 5.57 Å². The van der Waals surface area contributed by atoms with Crippen LogP contribution in [0.4, 0.5) is 0 Å². The summed E-state index contributed by atoms with van der Waals surface area (Å²) in [6.07, 6.45) is 3.60. The van der Waals surface area contributed by atoms with Gasteiger partial charge >= 0.3 is 5.97 Å². The van der Waals surface area contributed by atoms with Crippen molar-refractivity contribution in [1.82, 2.24) is 0 Å². The van der Waals surface area contributed by atoms with E-state index in [2.05, 4.69) is 20.8 Å². The summed E-state index contributed by atoms with van der Waals surface area (Å²) in [4.78, 5) is 12.3. The van der Waals surface area contributed by atoms with Crippen molar-refractivity contribution in [3.63, 3.8) is 0 Å². The van der Waals surface area contributed by atoms with Gasteiger partial charge in [-0.25, -0.2) is 4.79 Å². The van der Waals surface area contributed by atoms with Crippen LogP contribution in [0.3, 0.4) is 0 Å². The van der Waals surface area contributed by atoms with E-state index in [1.54, 1.807) is 12.1 Å². The third-order valence-electron chi connectivity index (χ3n) is 4.06. The van der Waals surface area contributed by atoms with Crippen molar-refractivity contribution in [2.24, 2.45) is 0 Å². The molecule has 0 radical (unpaired) electrons. The maximum atomic E-state index is 12.3. The first-order valence-corrected chi connectivity index (χ1v) is 9.20. The molecule has 0 amide bonds. The molecule has 0 aliphatic rings. The van der Waals surface area contributed by atoms with Gasteiger partial charge in [0.2, 0.25) is 0 Å². The second-order valence-corrected chi connectivity index (χ2v) is 6.55. The van der Waals surface area contributed by atoms with Crippen LogP contribution in [-0.2, 0) is 4.79 Å². The minimum atomic E-state index is -0.668. The van der Waals surface area contributed by atoms with Gasteiger partial charge in [0.05, 0.1) is 6.61 Å². The standard InChI is InChI=1S/C23H25NO3/c1-4-5-14-26-21-10-6-18(7-11-21)15-20(16-24)23(25)27-22-12-8-19(9-13-22)17(2)3/h6-13,15,17H,4-5,14H2,1-3H3/b20-15+. The molecule has 2 aromatic carbocycles. The summed E-state index contributed by atoms with van der Waals surface area (Å²) < 4.78 is 10.9. The molecule has 0 heterocycles. The quantitative estimate of drug-likeness (QED) is 0.204. The minimum absolute atomic E-state index is 0.0532. The lowest BCUT2D eigenvalue weighted by Crippen LogP contribution is -2.10. The second-order valence-electron chi connectivity index (χ2n) is 6.55. The number of esters is 1. The number of rotatable bonds is 8. The fourth-order valence-corrected chi connectivity index (χ4v) is 2.38. The number of hydrogen-bond donors (Lipinski definition) is 0. The third kappa shape index (κ3) is 6.31. The van der Waals surface area contributed by atoms with Gasteiger partial charge in [0.25, 0.3) is 0 Å². The lowest BCUT2D eigenvalue weighted by molar-refractivity contribution is -0.129. The first kappa shape index (κ1) is 20.3. The zero-order valence-corrected chi connectivity index (χ0v) is 16.1. The Hall–Kier alpha value is -3.06. The van der Waals surface area contributed by atoms with E-state index < -0.39 is 5.97 Å². The van der Waals surface area contributed by atoms with E-state index in [4.69, 9.17) is 9.47 Å². The predicted octanol–water partition coefficient (Wildman–Crippen LogP) is 5.50. The van der Waals surface area contributed by atoms with Crippen LogP contribution in [0.15, 0.2) is 54.1 Å². The van der Waals surface area contributed by atoms with Gasteiger partial charge in [0.1, 0.15) is 23.1 Å². The van der Waals surface area contributed by atoms with E-state index in [0.717, 1.165) is 29.7 Å². The van der Waals surface area contributed by atoms with Crippen LogP contribution >= 0.6 is 0 Å². The highest BCUT2D eigenvalue weighted by Crippen LogP contribution is 2.20. The number of nitriles is 1. The highest BCUT2D eigenvalue weighted by Gasteiger charge is 2.12. The molecule has 0 saturated carbocycles. The number of carbonyl (C=O) groups is 1. The van der Waals surface area contributed by atoms with Gasteiger partial charge in [0, 0.05) is 0 Å². The predicted molar refractivity (Wildman–Crippen MR) is 107 cm³/mol. The third-order valence-corrected chi connectivity index (χ3v) is 4.06. The Morgan fingerprint density at radius 1 is 1.07 bits per heavy atom. The molecule has 0 fully saturated rings. The van der Waals surface area contributed by atoms with Crippen molar-refractivity contribution in [3.8, 4) is 17.6 Å². The van der Waals surface area contributed by atoms with Crippen molar-refractivity contribution in [2.75, 3.05) is 6.61 Å². The van der Waals surface area contributed by atoms with Crippen molar-refractivity contribution >= 4 is 12.0 Å². The Labute approximate surface area is 161 Å². The average molecular weight is 363 g/mol. The van der Waals surface area contributed by atoms with Crippen LogP contribution in [0.1, 0.15) is 50.7 Å². The summed E-state index contributed by atoms with van der Waals surface area (Å²) in [6.45, 7) is 6.98. The highest BCUT2D eigenvalue weighted by molar-refractivity contribution is 5.99. The Balaban J connectivity index is 2.04. The average Bonchev–Trinajstić information content (AvgIpc) is 2.67. The van der Waals surface area contributed by atoms with Crippen molar-refractivity contribution in [3.05, 3.63) is 65.2 Å². The van der Waals surface area contributed by atoms with Crippen LogP contribution in [-0.4, -0.2) is 12.6 Å². The molecule has 0 unspecified atom stereocenters. The zero-order valence-electron chi connectivity index (χ0n) is 16.1. The molecule has 0 saturated heterocycles. The lowest BCUT2D eigenvalue weighted by atomic mass is 10.0. The number of ether oxygens (including phenoxy) is 2. The van der Waals surface area contributed by atoms with E-state index in [0.29, 0.717) is 18.3 Å². The lowest BCUT2D eigenvalue weighted by Gasteiger charge is -2.07. The van der Waals surface area contributed by atoms with Crippen LogP contribution < -0.4 is 9.47 Å². The second kappa shape index (κ2) is 10.2. The van der Waals surface area contributed by atoms with E-state index in [1.807, 2.05) is 42.5 Å². The van der Waals surface area contributed by atoms with E-state index in [9.17, 15) is 10.1 Å². The van der Waals surface area contributed by atoms with Crippen molar-refractivity contribution in [2.45, 2.75) is 39.5 Å².